The largest absolute Gasteiger partial charge is 0.459 e. The number of carbonyl (C=O) groups excluding carboxylic acids is 3. The molecule has 0 spiro atoms. The molecular weight excluding hydrogens is 364 g/mol. The van der Waals surface area contributed by atoms with Crippen LogP contribution in [0.2, 0.25) is 0 Å². The third kappa shape index (κ3) is 5.58. The second-order valence-electron chi connectivity index (χ2n) is 6.45. The van der Waals surface area contributed by atoms with E-state index in [0.29, 0.717) is 6.42 Å². The first-order valence-corrected chi connectivity index (χ1v) is 10.0. The number of nitrogens with one attached hydrogen (secondary N) is 2. The quantitative estimate of drug-likeness (QED) is 0.624. The Morgan fingerprint density at radius 3 is 2.62 bits per heavy atom. The van der Waals surface area contributed by atoms with Gasteiger partial charge in [-0.15, -0.1) is 0 Å². The van der Waals surface area contributed by atoms with E-state index >= 15 is 0 Å². The summed E-state index contributed by atoms with van der Waals surface area (Å²) in [6, 6.07) is 1.59. The van der Waals surface area contributed by atoms with Crippen molar-refractivity contribution in [3.63, 3.8) is 0 Å². The molecule has 0 radical (unpaired) electrons. The van der Waals surface area contributed by atoms with E-state index in [1.54, 1.807) is 19.9 Å². The van der Waals surface area contributed by atoms with Gasteiger partial charge in [-0.25, -0.2) is 13.2 Å². The van der Waals surface area contributed by atoms with E-state index in [1.807, 2.05) is 0 Å². The molecule has 0 aliphatic carbocycles. The van der Waals surface area contributed by atoms with Crippen molar-refractivity contribution in [2.45, 2.75) is 32.4 Å². The van der Waals surface area contributed by atoms with Gasteiger partial charge >= 0.3 is 5.97 Å². The minimum absolute atomic E-state index is 0.0337. The summed E-state index contributed by atoms with van der Waals surface area (Å²) < 4.78 is 32.7. The lowest BCUT2D eigenvalue weighted by Crippen LogP contribution is -2.46. The predicted molar refractivity (Wildman–Crippen MR) is 91.0 cm³/mol. The van der Waals surface area contributed by atoms with E-state index in [0.717, 1.165) is 0 Å². The van der Waals surface area contributed by atoms with E-state index < -0.39 is 46.3 Å². The van der Waals surface area contributed by atoms with Gasteiger partial charge in [-0.2, -0.15) is 0 Å². The molecule has 2 N–H and O–H groups in total. The highest BCUT2D eigenvalue weighted by molar-refractivity contribution is 7.91. The third-order valence-corrected chi connectivity index (χ3v) is 5.66. The molecule has 1 unspecified atom stereocenters. The summed E-state index contributed by atoms with van der Waals surface area (Å²) in [5.41, 5.74) is 0. The van der Waals surface area contributed by atoms with Crippen molar-refractivity contribution in [2.24, 2.45) is 5.92 Å². The van der Waals surface area contributed by atoms with Crippen molar-refractivity contribution >= 4 is 27.6 Å². The van der Waals surface area contributed by atoms with Crippen LogP contribution >= 0.6 is 0 Å². The zero-order valence-corrected chi connectivity index (χ0v) is 15.4. The number of rotatable bonds is 7. The van der Waals surface area contributed by atoms with Crippen LogP contribution in [0.4, 0.5) is 0 Å². The molecule has 0 bridgehead atoms. The summed E-state index contributed by atoms with van der Waals surface area (Å²) in [7, 11) is -3.11. The molecule has 1 aliphatic heterocycles. The highest BCUT2D eigenvalue weighted by Gasteiger charge is 2.30. The number of sulfone groups is 1. The molecule has 1 fully saturated rings. The molecule has 2 atom stereocenters. The van der Waals surface area contributed by atoms with Gasteiger partial charge in [-0.05, 0) is 24.5 Å². The van der Waals surface area contributed by atoms with Crippen molar-refractivity contribution in [3.05, 3.63) is 24.2 Å². The average molecular weight is 386 g/mol. The minimum atomic E-state index is -3.11. The van der Waals surface area contributed by atoms with Crippen molar-refractivity contribution in [3.8, 4) is 0 Å². The van der Waals surface area contributed by atoms with E-state index in [9.17, 15) is 22.8 Å². The maximum Gasteiger partial charge on any atom is 0.329 e. The Morgan fingerprint density at radius 1 is 1.35 bits per heavy atom. The monoisotopic (exact) mass is 386 g/mol. The molecule has 26 heavy (non-hydrogen) atoms. The van der Waals surface area contributed by atoms with Crippen LogP contribution < -0.4 is 10.6 Å². The number of hydrogen-bond acceptors (Lipinski definition) is 7. The van der Waals surface area contributed by atoms with Crippen molar-refractivity contribution in [1.29, 1.82) is 0 Å². The average Bonchev–Trinajstić information content (AvgIpc) is 3.19. The number of esters is 1. The summed E-state index contributed by atoms with van der Waals surface area (Å²) in [4.78, 5) is 36.0. The zero-order valence-electron chi connectivity index (χ0n) is 14.6. The molecule has 144 valence electrons. The van der Waals surface area contributed by atoms with Gasteiger partial charge in [0.15, 0.2) is 22.2 Å². The van der Waals surface area contributed by atoms with Gasteiger partial charge in [0.25, 0.3) is 11.8 Å². The third-order valence-electron chi connectivity index (χ3n) is 3.90. The molecule has 9 nitrogen and oxygen atoms in total. The smallest absolute Gasteiger partial charge is 0.329 e. The highest BCUT2D eigenvalue weighted by Crippen LogP contribution is 2.11. The van der Waals surface area contributed by atoms with Crippen LogP contribution in [0.5, 0.6) is 0 Å². The molecular formula is C16H22N2O7S. The van der Waals surface area contributed by atoms with Crippen LogP contribution in [0.25, 0.3) is 0 Å². The number of ether oxygens (including phenoxy) is 1. The fourth-order valence-electron chi connectivity index (χ4n) is 2.52. The SMILES string of the molecule is CC(C)[C@@H](NC(=O)c1ccco1)C(=O)OCC(=O)NC1CCS(=O)(=O)C1. The van der Waals surface area contributed by atoms with Crippen molar-refractivity contribution < 1.29 is 32.0 Å². The predicted octanol–water partition coefficient (Wildman–Crippen LogP) is -0.119. The second kappa shape index (κ2) is 8.35. The van der Waals surface area contributed by atoms with Gasteiger partial charge < -0.3 is 19.8 Å². The lowest BCUT2D eigenvalue weighted by Gasteiger charge is -2.20. The number of hydrogen-bond donors (Lipinski definition) is 2. The van der Waals surface area contributed by atoms with Gasteiger partial charge in [0.1, 0.15) is 6.04 Å². The first-order chi connectivity index (χ1) is 12.2. The summed E-state index contributed by atoms with van der Waals surface area (Å²) in [6.45, 7) is 2.89. The van der Waals surface area contributed by atoms with Crippen LogP contribution in [0.3, 0.4) is 0 Å². The number of carbonyl (C=O) groups is 3. The molecule has 1 aliphatic rings. The van der Waals surface area contributed by atoms with E-state index in [-0.39, 0.29) is 23.2 Å². The highest BCUT2D eigenvalue weighted by atomic mass is 32.2. The lowest BCUT2D eigenvalue weighted by atomic mass is 10.0. The standard InChI is InChI=1S/C16H22N2O7S/c1-10(2)14(18-15(20)12-4-3-6-24-12)16(21)25-8-13(19)17-11-5-7-26(22,23)9-11/h3-4,6,10-11,14H,5,7-9H2,1-2H3,(H,17,19)(H,18,20)/t11?,14-/m1/s1. The van der Waals surface area contributed by atoms with Crippen molar-refractivity contribution in [2.75, 3.05) is 18.1 Å². The van der Waals surface area contributed by atoms with Gasteiger partial charge in [-0.1, -0.05) is 13.8 Å². The Morgan fingerprint density at radius 2 is 2.08 bits per heavy atom. The molecule has 2 rings (SSSR count). The molecule has 0 saturated carbocycles. The summed E-state index contributed by atoms with van der Waals surface area (Å²) >= 11 is 0. The van der Waals surface area contributed by atoms with E-state index in [1.165, 1.54) is 12.3 Å². The summed E-state index contributed by atoms with van der Waals surface area (Å²) in [6.07, 6.45) is 1.68. The fraction of sp³-hybridized carbons (Fsp3) is 0.562. The molecule has 2 amide bonds. The first-order valence-electron chi connectivity index (χ1n) is 8.19. The summed E-state index contributed by atoms with van der Waals surface area (Å²) in [5, 5.41) is 5.03. The Bertz CT molecular complexity index is 756. The van der Waals surface area contributed by atoms with Gasteiger partial charge in [0.2, 0.25) is 0 Å². The molecule has 0 aromatic carbocycles. The van der Waals surface area contributed by atoms with Gasteiger partial charge in [0, 0.05) is 6.04 Å². The Balaban J connectivity index is 1.83. The van der Waals surface area contributed by atoms with E-state index in [2.05, 4.69) is 10.6 Å². The van der Waals surface area contributed by atoms with Crippen LogP contribution in [-0.2, 0) is 24.2 Å². The normalized spacial score (nSPS) is 19.7. The Labute approximate surface area is 151 Å². The first kappa shape index (κ1) is 20.0. The summed E-state index contributed by atoms with van der Waals surface area (Å²) in [5.74, 6) is -2.19. The second-order valence-corrected chi connectivity index (χ2v) is 8.68. The molecule has 1 aromatic heterocycles. The lowest BCUT2D eigenvalue weighted by molar-refractivity contribution is -0.151. The molecule has 1 aromatic rings. The van der Waals surface area contributed by atoms with Crippen LogP contribution in [0.15, 0.2) is 22.8 Å². The van der Waals surface area contributed by atoms with Crippen LogP contribution in [-0.4, -0.2) is 56.4 Å². The van der Waals surface area contributed by atoms with E-state index in [4.69, 9.17) is 9.15 Å². The maximum absolute atomic E-state index is 12.2. The molecule has 1 saturated heterocycles. The van der Waals surface area contributed by atoms with Crippen LogP contribution in [0, 0.1) is 5.92 Å². The molecule has 10 heteroatoms. The Hall–Kier alpha value is -2.36. The fourth-order valence-corrected chi connectivity index (χ4v) is 4.20. The molecule has 2 heterocycles. The topological polar surface area (TPSA) is 132 Å². The van der Waals surface area contributed by atoms with Gasteiger partial charge in [0.05, 0.1) is 17.8 Å². The maximum atomic E-state index is 12.2. The zero-order chi connectivity index (χ0) is 19.3. The Kier molecular flexibility index (Phi) is 6.41. The number of furan rings is 1. The minimum Gasteiger partial charge on any atom is -0.459 e. The van der Waals surface area contributed by atoms with Crippen LogP contribution in [0.1, 0.15) is 30.8 Å². The van der Waals surface area contributed by atoms with Crippen molar-refractivity contribution in [1.82, 2.24) is 10.6 Å². The number of amides is 2. The van der Waals surface area contributed by atoms with Gasteiger partial charge in [-0.3, -0.25) is 9.59 Å².